The molecule has 0 spiro atoms. The molecule has 1 aliphatic rings. The van der Waals surface area contributed by atoms with E-state index in [0.717, 1.165) is 16.7 Å². The number of nitrogens with zero attached hydrogens (tertiary/aromatic N) is 4. The summed E-state index contributed by atoms with van der Waals surface area (Å²) in [5, 5.41) is 12.1. The van der Waals surface area contributed by atoms with Gasteiger partial charge in [0, 0.05) is 12.3 Å². The van der Waals surface area contributed by atoms with Crippen LogP contribution >= 0.6 is 19.4 Å². The molecule has 1 unspecified atom stereocenters. The summed E-state index contributed by atoms with van der Waals surface area (Å²) in [6.07, 6.45) is -1.78. The van der Waals surface area contributed by atoms with Crippen LogP contribution in [0.3, 0.4) is 0 Å². The lowest BCUT2D eigenvalue weighted by Crippen LogP contribution is -2.38. The Morgan fingerprint density at radius 3 is 2.23 bits per heavy atom. The Morgan fingerprint density at radius 2 is 1.61 bits per heavy atom. The molecule has 4 atom stereocenters. The average Bonchev–Trinajstić information content (AvgIpc) is 3.89. The van der Waals surface area contributed by atoms with Gasteiger partial charge in [-0.1, -0.05) is 92.2 Å². The number of nitrogens with one attached hydrogen (secondary N) is 2. The molecule has 16 nitrogen and oxygen atoms in total. The monoisotopic (exact) mass is 882 g/mol. The van der Waals surface area contributed by atoms with Crippen molar-refractivity contribution in [3.05, 3.63) is 142 Å². The third kappa shape index (κ3) is 9.54. The van der Waals surface area contributed by atoms with Crippen molar-refractivity contribution < 1.29 is 41.9 Å². The summed E-state index contributed by atoms with van der Waals surface area (Å²) < 4.78 is 59.1. The van der Waals surface area contributed by atoms with Crippen LogP contribution in [0.2, 0.25) is 5.02 Å². The van der Waals surface area contributed by atoms with E-state index < -0.39 is 43.3 Å². The van der Waals surface area contributed by atoms with Gasteiger partial charge in [-0.2, -0.15) is 10.2 Å². The number of fused-ring (bicyclic) bond motifs is 1. The molecule has 0 aliphatic carbocycles. The molecular formula is C44H44ClN6O10P. The fourth-order valence-corrected chi connectivity index (χ4v) is 8.61. The summed E-state index contributed by atoms with van der Waals surface area (Å²) in [6, 6.07) is 33.0. The summed E-state index contributed by atoms with van der Waals surface area (Å²) in [5.41, 5.74) is 0.483. The van der Waals surface area contributed by atoms with Crippen LogP contribution in [0.1, 0.15) is 49.6 Å². The number of phosphoric acid groups is 1. The molecule has 18 heteroatoms. The summed E-state index contributed by atoms with van der Waals surface area (Å²) in [6.45, 7) is 2.94. The van der Waals surface area contributed by atoms with E-state index in [0.29, 0.717) is 11.5 Å². The van der Waals surface area contributed by atoms with Gasteiger partial charge in [-0.05, 0) is 53.1 Å². The normalized spacial score (nSPS) is 17.3. The number of benzene rings is 4. The van der Waals surface area contributed by atoms with Crippen LogP contribution in [0, 0.1) is 17.2 Å². The second kappa shape index (κ2) is 19.3. The largest absolute Gasteiger partial charge is 0.530 e. The van der Waals surface area contributed by atoms with E-state index in [1.165, 1.54) is 17.0 Å². The molecular weight excluding hydrogens is 839 g/mol. The molecule has 1 aliphatic heterocycles. The minimum Gasteiger partial charge on any atom is -0.497 e. The quantitative estimate of drug-likeness (QED) is 0.0476. The van der Waals surface area contributed by atoms with Crippen LogP contribution in [0.5, 0.6) is 17.2 Å². The van der Waals surface area contributed by atoms with Gasteiger partial charge in [0.1, 0.15) is 41.3 Å². The summed E-state index contributed by atoms with van der Waals surface area (Å²) in [4.78, 5) is 37.2. The highest BCUT2D eigenvalue weighted by molar-refractivity contribution is 7.49. The number of methoxy groups -OCH3 is 2. The first-order valence-electron chi connectivity index (χ1n) is 19.6. The van der Waals surface area contributed by atoms with Gasteiger partial charge in [0.15, 0.2) is 11.2 Å². The fourth-order valence-electron chi connectivity index (χ4n) is 6.96. The van der Waals surface area contributed by atoms with E-state index in [1.807, 2.05) is 84.9 Å². The topological polar surface area (TPSA) is 198 Å². The average molecular weight is 883 g/mol. The lowest BCUT2D eigenvalue weighted by atomic mass is 9.80. The van der Waals surface area contributed by atoms with Crippen molar-refractivity contribution in [3.63, 3.8) is 0 Å². The number of rotatable bonds is 18. The van der Waals surface area contributed by atoms with Crippen LogP contribution in [0.15, 0.2) is 114 Å². The van der Waals surface area contributed by atoms with Crippen molar-refractivity contribution >= 4 is 42.4 Å². The number of hydrogen-bond acceptors (Lipinski definition) is 13. The highest BCUT2D eigenvalue weighted by atomic mass is 35.5. The molecule has 2 aromatic heterocycles. The van der Waals surface area contributed by atoms with Gasteiger partial charge in [-0.15, -0.1) is 0 Å². The number of carbonyl (C=O) groups excluding carboxylic acids is 1. The molecule has 6 aromatic rings. The molecule has 3 heterocycles. The Balaban J connectivity index is 1.32. The standard InChI is InChI=1S/C44H44ClN6O10P/c1-28(2)41(52)49-43-48-40-39(42(53)50-43)47-27-51(40)38-25-36(61-62(54,58-24-10-23-46)60-35-14-9-8-13-34(35)45)37(59-38)26-57-44(29-11-6-5-7-12-29,30-15-19-32(55-3)20-16-30)31-17-21-33(56-4)22-18-31/h5-9,11-22,27-28,36-38H,10,24-26H2,1-4H3,(H2,48,49,50,52,53)/t36-,37+,38+,62?/m0/s1. The highest BCUT2D eigenvalue weighted by Gasteiger charge is 2.47. The summed E-state index contributed by atoms with van der Waals surface area (Å²) in [7, 11) is -1.40. The zero-order valence-electron chi connectivity index (χ0n) is 34.2. The maximum Gasteiger partial charge on any atom is 0.530 e. The molecule has 0 bridgehead atoms. The van der Waals surface area contributed by atoms with E-state index in [1.54, 1.807) is 46.3 Å². The molecule has 62 heavy (non-hydrogen) atoms. The molecule has 1 fully saturated rings. The van der Waals surface area contributed by atoms with E-state index >= 15 is 0 Å². The minimum absolute atomic E-state index is 0.0111. The van der Waals surface area contributed by atoms with Crippen LogP contribution in [-0.4, -0.2) is 65.1 Å². The second-order valence-corrected chi connectivity index (χ2v) is 16.4. The Hall–Kier alpha value is -6.05. The van der Waals surface area contributed by atoms with E-state index in [4.69, 9.17) is 44.1 Å². The third-order valence-electron chi connectivity index (χ3n) is 10.1. The molecule has 1 amide bonds. The lowest BCUT2D eigenvalue weighted by molar-refractivity contribution is -0.118. The smallest absolute Gasteiger partial charge is 0.497 e. The Bertz CT molecular complexity index is 2590. The first kappa shape index (κ1) is 44.0. The first-order chi connectivity index (χ1) is 30.0. The van der Waals surface area contributed by atoms with Crippen LogP contribution in [0.25, 0.3) is 11.2 Å². The zero-order valence-corrected chi connectivity index (χ0v) is 35.9. The lowest BCUT2D eigenvalue weighted by Gasteiger charge is -2.37. The maximum atomic E-state index is 14.7. The van der Waals surface area contributed by atoms with Crippen LogP contribution < -0.4 is 24.9 Å². The third-order valence-corrected chi connectivity index (χ3v) is 11.9. The summed E-state index contributed by atoms with van der Waals surface area (Å²) >= 11 is 6.43. The number of nitriles is 1. The molecule has 0 radical (unpaired) electrons. The van der Waals surface area contributed by atoms with Gasteiger partial charge in [0.05, 0.1) is 51.3 Å². The number of halogens is 1. The van der Waals surface area contributed by atoms with Crippen LogP contribution in [-0.2, 0) is 33.5 Å². The van der Waals surface area contributed by atoms with Gasteiger partial charge in [-0.3, -0.25) is 33.5 Å². The van der Waals surface area contributed by atoms with Crippen molar-refractivity contribution in [3.8, 4) is 23.3 Å². The molecule has 2 N–H and O–H groups in total. The number of para-hydroxylation sites is 1. The van der Waals surface area contributed by atoms with Crippen molar-refractivity contribution in [2.24, 2.45) is 5.92 Å². The number of aromatic amines is 1. The van der Waals surface area contributed by atoms with E-state index in [9.17, 15) is 19.4 Å². The molecule has 322 valence electrons. The number of aromatic nitrogens is 4. The van der Waals surface area contributed by atoms with Crippen LogP contribution in [0.4, 0.5) is 5.95 Å². The number of anilines is 1. The fraction of sp³-hybridized carbons (Fsp3) is 0.295. The number of H-pyrrole nitrogens is 1. The Labute approximate surface area is 362 Å². The Kier molecular flexibility index (Phi) is 13.7. The van der Waals surface area contributed by atoms with Crippen molar-refractivity contribution in [2.75, 3.05) is 32.8 Å². The predicted octanol–water partition coefficient (Wildman–Crippen LogP) is 8.18. The van der Waals surface area contributed by atoms with Gasteiger partial charge >= 0.3 is 7.82 Å². The van der Waals surface area contributed by atoms with E-state index in [-0.39, 0.29) is 59.8 Å². The van der Waals surface area contributed by atoms with Crippen molar-refractivity contribution in [1.29, 1.82) is 5.26 Å². The van der Waals surface area contributed by atoms with Gasteiger partial charge in [-0.25, -0.2) is 9.55 Å². The number of amides is 1. The maximum absolute atomic E-state index is 14.7. The van der Waals surface area contributed by atoms with Crippen molar-refractivity contribution in [1.82, 2.24) is 19.5 Å². The second-order valence-electron chi connectivity index (χ2n) is 14.4. The molecule has 0 saturated carbocycles. The van der Waals surface area contributed by atoms with Gasteiger partial charge in [0.2, 0.25) is 11.9 Å². The predicted molar refractivity (Wildman–Crippen MR) is 229 cm³/mol. The molecule has 1 saturated heterocycles. The van der Waals surface area contributed by atoms with Crippen molar-refractivity contribution in [2.45, 2.75) is 50.7 Å². The number of carbonyl (C=O) groups is 1. The van der Waals surface area contributed by atoms with Gasteiger partial charge in [0.25, 0.3) is 5.56 Å². The number of hydrogen-bond donors (Lipinski definition) is 2. The summed E-state index contributed by atoms with van der Waals surface area (Å²) in [5.74, 6) is 0.471. The highest BCUT2D eigenvalue weighted by Crippen LogP contribution is 2.54. The number of phosphoric ester groups is 1. The zero-order chi connectivity index (χ0) is 43.9. The van der Waals surface area contributed by atoms with E-state index in [2.05, 4.69) is 20.3 Å². The minimum atomic E-state index is -4.58. The number of ether oxygens (including phenoxy) is 4. The number of imidazole rings is 1. The Morgan fingerprint density at radius 1 is 0.984 bits per heavy atom. The molecule has 4 aromatic carbocycles. The first-order valence-corrected chi connectivity index (χ1v) is 21.5. The SMILES string of the molecule is COc1ccc(C(OC[C@H]2O[C@@H](n3cnc4c(=O)[nH]c(NC(=O)C(C)C)nc43)C[C@@H]2OP(=O)(OCCC#N)Oc2ccccc2Cl)(c2ccccc2)c2ccc(OC)cc2)cc1. The molecule has 7 rings (SSSR count). The van der Waals surface area contributed by atoms with Gasteiger partial charge < -0.3 is 23.5 Å².